The number of aryl methyl sites for hydroxylation is 3. The second-order valence-corrected chi connectivity index (χ2v) is 8.70. The number of aromatic nitrogens is 3. The SMILES string of the molecule is Cc1ccc2c(C)c(C(=O)N3CCO[C@H](c4cccc(Nc5nncs5)n4)C3)oc2c1C. The van der Waals surface area contributed by atoms with Crippen molar-refractivity contribution in [2.45, 2.75) is 26.9 Å². The Morgan fingerprint density at radius 2 is 2.06 bits per heavy atom. The molecule has 1 atom stereocenters. The lowest BCUT2D eigenvalue weighted by Gasteiger charge is -2.32. The molecule has 3 aromatic heterocycles. The van der Waals surface area contributed by atoms with Gasteiger partial charge in [-0.15, -0.1) is 10.2 Å². The van der Waals surface area contributed by atoms with Crippen LogP contribution in [-0.2, 0) is 4.74 Å². The number of carbonyl (C=O) groups is 1. The third-order valence-corrected chi connectivity index (χ3v) is 6.48. The van der Waals surface area contributed by atoms with E-state index in [0.29, 0.717) is 36.4 Å². The van der Waals surface area contributed by atoms with Crippen molar-refractivity contribution in [3.8, 4) is 0 Å². The maximum Gasteiger partial charge on any atom is 0.290 e. The van der Waals surface area contributed by atoms with Gasteiger partial charge in [-0.25, -0.2) is 4.98 Å². The van der Waals surface area contributed by atoms with Crippen LogP contribution in [0.4, 0.5) is 10.9 Å². The molecule has 0 unspecified atom stereocenters. The van der Waals surface area contributed by atoms with E-state index < -0.39 is 0 Å². The number of pyridine rings is 1. The van der Waals surface area contributed by atoms with Crippen LogP contribution >= 0.6 is 11.3 Å². The average molecular weight is 450 g/mol. The fourth-order valence-electron chi connectivity index (χ4n) is 3.92. The number of carbonyl (C=O) groups excluding carboxylic acids is 1. The summed E-state index contributed by atoms with van der Waals surface area (Å²) in [4.78, 5) is 19.8. The highest BCUT2D eigenvalue weighted by atomic mass is 32.1. The summed E-state index contributed by atoms with van der Waals surface area (Å²) >= 11 is 1.40. The van der Waals surface area contributed by atoms with Gasteiger partial charge in [0.1, 0.15) is 23.0 Å². The molecule has 1 aliphatic heterocycles. The van der Waals surface area contributed by atoms with E-state index in [0.717, 1.165) is 33.4 Å². The Kier molecular flexibility index (Phi) is 5.36. The molecule has 4 aromatic rings. The minimum Gasteiger partial charge on any atom is -0.450 e. The lowest BCUT2D eigenvalue weighted by atomic mass is 10.0. The van der Waals surface area contributed by atoms with Gasteiger partial charge in [-0.1, -0.05) is 29.5 Å². The summed E-state index contributed by atoms with van der Waals surface area (Å²) in [5.41, 5.74) is 6.27. The zero-order valence-electron chi connectivity index (χ0n) is 18.1. The fraction of sp³-hybridized carbons (Fsp3) is 0.304. The van der Waals surface area contributed by atoms with E-state index in [1.807, 2.05) is 45.0 Å². The number of fused-ring (bicyclic) bond motifs is 1. The van der Waals surface area contributed by atoms with E-state index in [1.54, 1.807) is 10.4 Å². The topological polar surface area (TPSA) is 93.4 Å². The molecular weight excluding hydrogens is 426 g/mol. The van der Waals surface area contributed by atoms with Gasteiger partial charge in [0.2, 0.25) is 5.13 Å². The summed E-state index contributed by atoms with van der Waals surface area (Å²) in [6.45, 7) is 7.35. The van der Waals surface area contributed by atoms with Gasteiger partial charge in [0, 0.05) is 17.5 Å². The van der Waals surface area contributed by atoms with E-state index in [2.05, 4.69) is 26.6 Å². The first-order valence-electron chi connectivity index (χ1n) is 10.4. The third-order valence-electron chi connectivity index (χ3n) is 5.87. The quantitative estimate of drug-likeness (QED) is 0.488. The lowest BCUT2D eigenvalue weighted by Crippen LogP contribution is -2.42. The average Bonchev–Trinajstić information content (AvgIpc) is 3.44. The van der Waals surface area contributed by atoms with Crippen LogP contribution in [0.5, 0.6) is 0 Å². The minimum atomic E-state index is -0.322. The fourth-order valence-corrected chi connectivity index (χ4v) is 4.37. The summed E-state index contributed by atoms with van der Waals surface area (Å²) in [5, 5.41) is 12.6. The number of furan rings is 1. The van der Waals surface area contributed by atoms with Crippen LogP contribution in [0.2, 0.25) is 0 Å². The van der Waals surface area contributed by atoms with Crippen LogP contribution in [0.1, 0.15) is 39.0 Å². The number of rotatable bonds is 4. The molecule has 1 fully saturated rings. The van der Waals surface area contributed by atoms with Gasteiger partial charge in [0.25, 0.3) is 5.91 Å². The Morgan fingerprint density at radius 1 is 1.19 bits per heavy atom. The summed E-state index contributed by atoms with van der Waals surface area (Å²) in [5.74, 6) is 0.937. The molecular formula is C23H23N5O3S. The van der Waals surface area contributed by atoms with Crippen molar-refractivity contribution in [1.82, 2.24) is 20.1 Å². The van der Waals surface area contributed by atoms with Gasteiger partial charge in [-0.3, -0.25) is 4.79 Å². The van der Waals surface area contributed by atoms with Gasteiger partial charge >= 0.3 is 0 Å². The van der Waals surface area contributed by atoms with Crippen LogP contribution in [-0.4, -0.2) is 45.7 Å². The monoisotopic (exact) mass is 449 g/mol. The molecule has 1 amide bonds. The molecule has 32 heavy (non-hydrogen) atoms. The number of benzene rings is 1. The number of anilines is 2. The van der Waals surface area contributed by atoms with Crippen molar-refractivity contribution in [3.05, 3.63) is 64.0 Å². The summed E-state index contributed by atoms with van der Waals surface area (Å²) in [6, 6.07) is 9.76. The van der Waals surface area contributed by atoms with E-state index in [1.165, 1.54) is 11.3 Å². The zero-order valence-corrected chi connectivity index (χ0v) is 18.9. The lowest BCUT2D eigenvalue weighted by molar-refractivity contribution is -0.0255. The van der Waals surface area contributed by atoms with Crippen LogP contribution in [0.15, 0.2) is 40.3 Å². The number of ether oxygens (including phenoxy) is 1. The Morgan fingerprint density at radius 3 is 2.88 bits per heavy atom. The smallest absolute Gasteiger partial charge is 0.290 e. The normalized spacial score (nSPS) is 16.5. The van der Waals surface area contributed by atoms with Gasteiger partial charge in [-0.2, -0.15) is 0 Å². The molecule has 0 saturated carbocycles. The Labute approximate surface area is 189 Å². The zero-order chi connectivity index (χ0) is 22.2. The number of hydrogen-bond acceptors (Lipinski definition) is 8. The Bertz CT molecular complexity index is 1280. The predicted molar refractivity (Wildman–Crippen MR) is 122 cm³/mol. The summed E-state index contributed by atoms with van der Waals surface area (Å²) < 4.78 is 12.0. The highest BCUT2D eigenvalue weighted by Crippen LogP contribution is 2.31. The molecule has 1 aromatic carbocycles. The van der Waals surface area contributed by atoms with Gasteiger partial charge in [0.05, 0.1) is 18.8 Å². The molecule has 1 aliphatic rings. The molecule has 1 N–H and O–H groups in total. The number of nitrogens with zero attached hydrogens (tertiary/aromatic N) is 4. The summed E-state index contributed by atoms with van der Waals surface area (Å²) in [6.07, 6.45) is -0.322. The largest absolute Gasteiger partial charge is 0.450 e. The third kappa shape index (κ3) is 3.74. The highest BCUT2D eigenvalue weighted by Gasteiger charge is 2.30. The Hall–Kier alpha value is -3.30. The number of morpholine rings is 1. The van der Waals surface area contributed by atoms with Crippen molar-refractivity contribution < 1.29 is 13.9 Å². The number of nitrogens with one attached hydrogen (secondary N) is 1. The predicted octanol–water partition coefficient (Wildman–Crippen LogP) is 4.56. The number of amides is 1. The van der Waals surface area contributed by atoms with Crippen molar-refractivity contribution >= 4 is 39.2 Å². The number of hydrogen-bond donors (Lipinski definition) is 1. The van der Waals surface area contributed by atoms with E-state index in [9.17, 15) is 4.79 Å². The molecule has 0 aliphatic carbocycles. The standard InChI is InChI=1S/C23H23N5O3S/c1-13-7-8-16-15(3)21(31-20(16)14(13)2)22(29)28-9-10-30-18(11-28)17-5-4-6-19(25-17)26-23-27-24-12-32-23/h4-8,12,18H,9-11H2,1-3H3,(H,25,26,27)/t18-/m0/s1. The summed E-state index contributed by atoms with van der Waals surface area (Å²) in [7, 11) is 0. The van der Waals surface area contributed by atoms with Crippen molar-refractivity contribution in [1.29, 1.82) is 0 Å². The van der Waals surface area contributed by atoms with Crippen molar-refractivity contribution in [3.63, 3.8) is 0 Å². The minimum absolute atomic E-state index is 0.118. The molecule has 8 nitrogen and oxygen atoms in total. The first-order chi connectivity index (χ1) is 15.5. The molecule has 1 saturated heterocycles. The van der Waals surface area contributed by atoms with Gasteiger partial charge in [-0.05, 0) is 44.0 Å². The molecule has 164 valence electrons. The highest BCUT2D eigenvalue weighted by molar-refractivity contribution is 7.13. The second kappa shape index (κ2) is 8.33. The molecule has 0 bridgehead atoms. The van der Waals surface area contributed by atoms with Crippen LogP contribution in [0, 0.1) is 20.8 Å². The van der Waals surface area contributed by atoms with Crippen molar-refractivity contribution in [2.75, 3.05) is 25.0 Å². The molecule has 9 heteroatoms. The van der Waals surface area contributed by atoms with E-state index in [-0.39, 0.29) is 12.0 Å². The van der Waals surface area contributed by atoms with Crippen LogP contribution < -0.4 is 5.32 Å². The maximum atomic E-state index is 13.4. The second-order valence-electron chi connectivity index (χ2n) is 7.87. The molecule has 4 heterocycles. The Balaban J connectivity index is 1.37. The molecule has 0 radical (unpaired) electrons. The van der Waals surface area contributed by atoms with Crippen molar-refractivity contribution in [2.24, 2.45) is 0 Å². The van der Waals surface area contributed by atoms with E-state index in [4.69, 9.17) is 9.15 Å². The van der Waals surface area contributed by atoms with Crippen LogP contribution in [0.3, 0.4) is 0 Å². The molecule has 5 rings (SSSR count). The van der Waals surface area contributed by atoms with Gasteiger partial charge in [0.15, 0.2) is 5.76 Å². The van der Waals surface area contributed by atoms with Crippen LogP contribution in [0.25, 0.3) is 11.0 Å². The van der Waals surface area contributed by atoms with Gasteiger partial charge < -0.3 is 19.4 Å². The maximum absolute atomic E-state index is 13.4. The first-order valence-corrected chi connectivity index (χ1v) is 11.3. The first kappa shape index (κ1) is 20.6. The van der Waals surface area contributed by atoms with E-state index >= 15 is 0 Å². The molecule has 0 spiro atoms.